The summed E-state index contributed by atoms with van der Waals surface area (Å²) in [4.78, 5) is 35.1. The van der Waals surface area contributed by atoms with Gasteiger partial charge in [-0.15, -0.1) is 0 Å². The predicted octanol–water partition coefficient (Wildman–Crippen LogP) is 1.43. The van der Waals surface area contributed by atoms with Gasteiger partial charge in [0.15, 0.2) is 0 Å². The zero-order valence-corrected chi connectivity index (χ0v) is 14.2. The maximum atomic E-state index is 12.2. The van der Waals surface area contributed by atoms with Crippen molar-refractivity contribution in [1.82, 2.24) is 10.6 Å². The lowest BCUT2D eigenvalue weighted by Crippen LogP contribution is -2.46. The van der Waals surface area contributed by atoms with E-state index < -0.39 is 23.8 Å². The molecule has 0 aliphatic carbocycles. The Kier molecular flexibility index (Phi) is 7.74. The number of carbonyl (C=O) groups is 3. The molecule has 0 saturated heterocycles. The Hall–Kier alpha value is -2.57. The standard InChI is InChI=1S/C17H24N2O5/c1-4-24-14-8-6-5-7-12(14)16(21)18-10-15(20)19-13(17(22)23)9-11(2)3/h5-8,11,13H,4,9-10H2,1-3H3,(H,18,21)(H,19,20)(H,22,23)/t13-/m1/s1. The van der Waals surface area contributed by atoms with E-state index in [1.54, 1.807) is 24.3 Å². The molecular formula is C17H24N2O5. The van der Waals surface area contributed by atoms with E-state index in [4.69, 9.17) is 9.84 Å². The molecule has 7 heteroatoms. The summed E-state index contributed by atoms with van der Waals surface area (Å²) in [5.74, 6) is -1.54. The Morgan fingerprint density at radius 1 is 1.21 bits per heavy atom. The normalized spacial score (nSPS) is 11.7. The summed E-state index contributed by atoms with van der Waals surface area (Å²) in [6.07, 6.45) is 0.322. The van der Waals surface area contributed by atoms with Gasteiger partial charge in [0, 0.05) is 0 Å². The number of carboxylic acid groups (broad SMARTS) is 1. The van der Waals surface area contributed by atoms with Crippen LogP contribution in [0.3, 0.4) is 0 Å². The number of hydrogen-bond donors (Lipinski definition) is 3. The van der Waals surface area contributed by atoms with Crippen LogP contribution in [0.5, 0.6) is 5.75 Å². The van der Waals surface area contributed by atoms with Gasteiger partial charge in [-0.1, -0.05) is 26.0 Å². The van der Waals surface area contributed by atoms with Gasteiger partial charge in [-0.2, -0.15) is 0 Å². The highest BCUT2D eigenvalue weighted by molar-refractivity contribution is 5.99. The summed E-state index contributed by atoms with van der Waals surface area (Å²) >= 11 is 0. The van der Waals surface area contributed by atoms with E-state index in [-0.39, 0.29) is 12.5 Å². The summed E-state index contributed by atoms with van der Waals surface area (Å²) in [7, 11) is 0. The zero-order valence-electron chi connectivity index (χ0n) is 14.2. The first kappa shape index (κ1) is 19.5. The molecule has 1 aromatic carbocycles. The molecule has 0 aromatic heterocycles. The van der Waals surface area contributed by atoms with Gasteiger partial charge in [0.1, 0.15) is 11.8 Å². The highest BCUT2D eigenvalue weighted by Gasteiger charge is 2.21. The number of aliphatic carboxylic acids is 1. The Bertz CT molecular complexity index is 586. The molecule has 2 amide bonds. The van der Waals surface area contributed by atoms with Crippen LogP contribution < -0.4 is 15.4 Å². The fourth-order valence-corrected chi connectivity index (χ4v) is 2.13. The second-order valence-electron chi connectivity index (χ2n) is 5.70. The summed E-state index contributed by atoms with van der Waals surface area (Å²) in [6.45, 7) is 5.66. The maximum Gasteiger partial charge on any atom is 0.326 e. The molecule has 0 bridgehead atoms. The van der Waals surface area contributed by atoms with Crippen LogP contribution in [-0.2, 0) is 9.59 Å². The lowest BCUT2D eigenvalue weighted by Gasteiger charge is -2.17. The van der Waals surface area contributed by atoms with E-state index in [1.165, 1.54) is 0 Å². The third kappa shape index (κ3) is 6.28. The number of benzene rings is 1. The Balaban J connectivity index is 2.60. The number of amides is 2. The van der Waals surface area contributed by atoms with Crippen LogP contribution in [0.4, 0.5) is 0 Å². The molecule has 24 heavy (non-hydrogen) atoms. The topological polar surface area (TPSA) is 105 Å². The van der Waals surface area contributed by atoms with Crippen molar-refractivity contribution in [3.05, 3.63) is 29.8 Å². The Morgan fingerprint density at radius 3 is 2.46 bits per heavy atom. The van der Waals surface area contributed by atoms with Crippen LogP contribution in [0.2, 0.25) is 0 Å². The van der Waals surface area contributed by atoms with E-state index in [9.17, 15) is 14.4 Å². The van der Waals surface area contributed by atoms with Crippen LogP contribution in [0.15, 0.2) is 24.3 Å². The SMILES string of the molecule is CCOc1ccccc1C(=O)NCC(=O)N[C@H](CC(C)C)C(=O)O. The lowest BCUT2D eigenvalue weighted by atomic mass is 10.0. The molecule has 1 aromatic rings. The molecule has 3 N–H and O–H groups in total. The molecule has 0 aliphatic rings. The van der Waals surface area contributed by atoms with Gasteiger partial charge in [0.05, 0.1) is 18.7 Å². The largest absolute Gasteiger partial charge is 0.493 e. The predicted molar refractivity (Wildman–Crippen MR) is 89.0 cm³/mol. The second-order valence-corrected chi connectivity index (χ2v) is 5.70. The third-order valence-corrected chi connectivity index (χ3v) is 3.18. The Labute approximate surface area is 141 Å². The molecule has 0 saturated carbocycles. The minimum absolute atomic E-state index is 0.124. The number of para-hydroxylation sites is 1. The van der Waals surface area contributed by atoms with Crippen LogP contribution >= 0.6 is 0 Å². The number of nitrogens with one attached hydrogen (secondary N) is 2. The number of hydrogen-bond acceptors (Lipinski definition) is 4. The van der Waals surface area contributed by atoms with E-state index in [0.717, 1.165) is 0 Å². The average Bonchev–Trinajstić information content (AvgIpc) is 2.52. The van der Waals surface area contributed by atoms with Gasteiger partial charge in [-0.3, -0.25) is 9.59 Å². The number of carbonyl (C=O) groups excluding carboxylic acids is 2. The fourth-order valence-electron chi connectivity index (χ4n) is 2.13. The molecule has 1 rings (SSSR count). The Morgan fingerprint density at radius 2 is 1.88 bits per heavy atom. The van der Waals surface area contributed by atoms with Crippen molar-refractivity contribution in [3.8, 4) is 5.75 Å². The van der Waals surface area contributed by atoms with Gasteiger partial charge in [-0.25, -0.2) is 4.79 Å². The molecule has 0 heterocycles. The minimum atomic E-state index is -1.09. The van der Waals surface area contributed by atoms with Gasteiger partial charge in [0.2, 0.25) is 5.91 Å². The van der Waals surface area contributed by atoms with Crippen molar-refractivity contribution in [3.63, 3.8) is 0 Å². The van der Waals surface area contributed by atoms with Gasteiger partial charge in [-0.05, 0) is 31.4 Å². The van der Waals surface area contributed by atoms with E-state index in [2.05, 4.69) is 10.6 Å². The van der Waals surface area contributed by atoms with Gasteiger partial charge in [0.25, 0.3) is 5.91 Å². The highest BCUT2D eigenvalue weighted by atomic mass is 16.5. The van der Waals surface area contributed by atoms with Crippen molar-refractivity contribution in [1.29, 1.82) is 0 Å². The molecule has 0 radical (unpaired) electrons. The molecule has 0 unspecified atom stereocenters. The number of rotatable bonds is 9. The first-order chi connectivity index (χ1) is 11.3. The maximum absolute atomic E-state index is 12.2. The smallest absolute Gasteiger partial charge is 0.326 e. The van der Waals surface area contributed by atoms with Crippen LogP contribution in [0, 0.1) is 5.92 Å². The van der Waals surface area contributed by atoms with E-state index in [1.807, 2.05) is 20.8 Å². The van der Waals surface area contributed by atoms with E-state index in [0.29, 0.717) is 24.3 Å². The molecule has 7 nitrogen and oxygen atoms in total. The molecular weight excluding hydrogens is 312 g/mol. The second kappa shape index (κ2) is 9.54. The highest BCUT2D eigenvalue weighted by Crippen LogP contribution is 2.17. The van der Waals surface area contributed by atoms with Crippen LogP contribution in [-0.4, -0.2) is 42.1 Å². The molecule has 132 valence electrons. The van der Waals surface area contributed by atoms with Gasteiger partial charge >= 0.3 is 5.97 Å². The van der Waals surface area contributed by atoms with Crippen LogP contribution in [0.1, 0.15) is 37.6 Å². The number of ether oxygens (including phenoxy) is 1. The molecule has 0 spiro atoms. The van der Waals surface area contributed by atoms with Crippen molar-refractivity contribution < 1.29 is 24.2 Å². The molecule has 0 fully saturated rings. The van der Waals surface area contributed by atoms with Gasteiger partial charge < -0.3 is 20.5 Å². The zero-order chi connectivity index (χ0) is 18.1. The summed E-state index contributed by atoms with van der Waals surface area (Å²) < 4.78 is 5.37. The van der Waals surface area contributed by atoms with Crippen molar-refractivity contribution in [2.24, 2.45) is 5.92 Å². The molecule has 1 atom stereocenters. The summed E-state index contributed by atoms with van der Waals surface area (Å²) in [5.41, 5.74) is 0.323. The first-order valence-electron chi connectivity index (χ1n) is 7.87. The summed E-state index contributed by atoms with van der Waals surface area (Å²) in [5, 5.41) is 14.0. The van der Waals surface area contributed by atoms with Crippen LogP contribution in [0.25, 0.3) is 0 Å². The number of carboxylic acids is 1. The average molecular weight is 336 g/mol. The third-order valence-electron chi connectivity index (χ3n) is 3.18. The van der Waals surface area contributed by atoms with E-state index >= 15 is 0 Å². The summed E-state index contributed by atoms with van der Waals surface area (Å²) in [6, 6.07) is 5.74. The fraction of sp³-hybridized carbons (Fsp3) is 0.471. The first-order valence-corrected chi connectivity index (χ1v) is 7.87. The lowest BCUT2D eigenvalue weighted by molar-refractivity contribution is -0.142. The molecule has 0 aliphatic heterocycles. The van der Waals surface area contributed by atoms with Crippen molar-refractivity contribution in [2.75, 3.05) is 13.2 Å². The quantitative estimate of drug-likeness (QED) is 0.633. The van der Waals surface area contributed by atoms with Crippen molar-refractivity contribution >= 4 is 17.8 Å². The van der Waals surface area contributed by atoms with Crippen molar-refractivity contribution in [2.45, 2.75) is 33.2 Å². The monoisotopic (exact) mass is 336 g/mol. The minimum Gasteiger partial charge on any atom is -0.493 e.